The minimum Gasteiger partial charge on any atom is -0.370 e. The molecule has 3 heterocycles. The highest BCUT2D eigenvalue weighted by molar-refractivity contribution is 7.13. The van der Waals surface area contributed by atoms with E-state index < -0.39 is 0 Å². The van der Waals surface area contributed by atoms with E-state index in [0.29, 0.717) is 12.5 Å². The highest BCUT2D eigenvalue weighted by Gasteiger charge is 2.19. The summed E-state index contributed by atoms with van der Waals surface area (Å²) in [6.45, 7) is 4.08. The van der Waals surface area contributed by atoms with Crippen molar-refractivity contribution in [1.29, 1.82) is 0 Å². The molecule has 1 aliphatic rings. The molecular formula is C18H20N6S2. The van der Waals surface area contributed by atoms with E-state index in [4.69, 9.17) is 5.73 Å². The molecule has 0 aliphatic carbocycles. The van der Waals surface area contributed by atoms with Crippen molar-refractivity contribution in [3.8, 4) is 11.3 Å². The van der Waals surface area contributed by atoms with Crippen molar-refractivity contribution in [3.63, 3.8) is 0 Å². The van der Waals surface area contributed by atoms with Crippen LogP contribution >= 0.6 is 22.7 Å². The van der Waals surface area contributed by atoms with Gasteiger partial charge in [0.15, 0.2) is 11.1 Å². The zero-order chi connectivity index (χ0) is 17.8. The zero-order valence-corrected chi connectivity index (χ0v) is 15.9. The van der Waals surface area contributed by atoms with Crippen molar-refractivity contribution < 1.29 is 0 Å². The number of nitrogens with two attached hydrogens (primary N) is 1. The second-order valence-electron chi connectivity index (χ2n) is 5.96. The number of aliphatic imine (C=N–C) groups is 1. The number of anilines is 1. The summed E-state index contributed by atoms with van der Waals surface area (Å²) in [5.41, 5.74) is 8.33. The molecule has 1 saturated heterocycles. The van der Waals surface area contributed by atoms with Gasteiger partial charge in [0, 0.05) is 48.7 Å². The maximum atomic E-state index is 6.20. The summed E-state index contributed by atoms with van der Waals surface area (Å²) in [5.74, 6) is 0.597. The molecule has 8 heteroatoms. The second-order valence-corrected chi connectivity index (χ2v) is 7.77. The summed E-state index contributed by atoms with van der Waals surface area (Å²) >= 11 is 3.30. The van der Waals surface area contributed by atoms with Gasteiger partial charge in [-0.05, 0) is 0 Å². The fraction of sp³-hybridized carbons (Fsp3) is 0.278. The third-order valence-corrected chi connectivity index (χ3v) is 5.96. The van der Waals surface area contributed by atoms with E-state index in [1.165, 1.54) is 0 Å². The molecule has 1 aliphatic heterocycles. The summed E-state index contributed by atoms with van der Waals surface area (Å²) in [6.07, 6.45) is 1.85. The van der Waals surface area contributed by atoms with Crippen LogP contribution in [0.4, 0.5) is 5.13 Å². The first-order valence-corrected chi connectivity index (χ1v) is 10.2. The molecule has 3 aromatic rings. The van der Waals surface area contributed by atoms with Crippen LogP contribution in [0, 0.1) is 0 Å². The van der Waals surface area contributed by atoms with Crippen molar-refractivity contribution in [2.45, 2.75) is 6.54 Å². The van der Waals surface area contributed by atoms with Gasteiger partial charge in [-0.2, -0.15) is 0 Å². The first kappa shape index (κ1) is 17.0. The van der Waals surface area contributed by atoms with Gasteiger partial charge >= 0.3 is 0 Å². The maximum Gasteiger partial charge on any atom is 0.191 e. The fourth-order valence-corrected chi connectivity index (χ4v) is 4.30. The lowest BCUT2D eigenvalue weighted by atomic mass is 10.2. The Morgan fingerprint density at radius 1 is 1.12 bits per heavy atom. The summed E-state index contributed by atoms with van der Waals surface area (Å²) in [5, 5.41) is 6.14. The number of piperazine rings is 1. The van der Waals surface area contributed by atoms with Crippen LogP contribution in [0.15, 0.2) is 52.3 Å². The molecule has 0 atom stereocenters. The molecular weight excluding hydrogens is 364 g/mol. The molecule has 2 aromatic heterocycles. The van der Waals surface area contributed by atoms with Crippen LogP contribution in [-0.2, 0) is 6.54 Å². The number of benzene rings is 1. The van der Waals surface area contributed by atoms with E-state index in [1.807, 2.05) is 29.8 Å². The Kier molecular flexibility index (Phi) is 5.12. The normalized spacial score (nSPS) is 15.5. The van der Waals surface area contributed by atoms with E-state index in [9.17, 15) is 0 Å². The summed E-state index contributed by atoms with van der Waals surface area (Å²) in [4.78, 5) is 18.0. The average Bonchev–Trinajstić information content (AvgIpc) is 3.39. The Morgan fingerprint density at radius 3 is 2.65 bits per heavy atom. The van der Waals surface area contributed by atoms with E-state index in [-0.39, 0.29) is 0 Å². The van der Waals surface area contributed by atoms with E-state index in [1.54, 1.807) is 22.7 Å². The SMILES string of the molecule is NC(=NCc1nc(-c2ccccc2)cs1)N1CCN(c2nccs2)CC1. The molecule has 6 nitrogen and oxygen atoms in total. The van der Waals surface area contributed by atoms with Crippen molar-refractivity contribution in [2.75, 3.05) is 31.1 Å². The predicted octanol–water partition coefficient (Wildman–Crippen LogP) is 2.90. The van der Waals surface area contributed by atoms with Crippen LogP contribution < -0.4 is 10.6 Å². The molecule has 1 aromatic carbocycles. The van der Waals surface area contributed by atoms with Crippen molar-refractivity contribution in [3.05, 3.63) is 52.3 Å². The Hall–Kier alpha value is -2.45. The fourth-order valence-electron chi connectivity index (χ4n) is 2.87. The number of aromatic nitrogens is 2. The minimum absolute atomic E-state index is 0.524. The predicted molar refractivity (Wildman–Crippen MR) is 109 cm³/mol. The number of hydrogen-bond acceptors (Lipinski definition) is 6. The van der Waals surface area contributed by atoms with Gasteiger partial charge in [0.2, 0.25) is 0 Å². The monoisotopic (exact) mass is 384 g/mol. The van der Waals surface area contributed by atoms with Gasteiger partial charge in [0.05, 0.1) is 12.2 Å². The maximum absolute atomic E-state index is 6.20. The van der Waals surface area contributed by atoms with Crippen LogP contribution in [0.25, 0.3) is 11.3 Å². The molecule has 0 amide bonds. The third-order valence-electron chi connectivity index (χ3n) is 4.29. The molecule has 0 radical (unpaired) electrons. The number of guanidine groups is 1. The Morgan fingerprint density at radius 2 is 1.92 bits per heavy atom. The van der Waals surface area contributed by atoms with Gasteiger partial charge in [0.1, 0.15) is 5.01 Å². The van der Waals surface area contributed by atoms with Crippen molar-refractivity contribution >= 4 is 33.8 Å². The summed E-state index contributed by atoms with van der Waals surface area (Å²) < 4.78 is 0. The number of rotatable bonds is 4. The van der Waals surface area contributed by atoms with E-state index in [2.05, 4.69) is 42.3 Å². The highest BCUT2D eigenvalue weighted by atomic mass is 32.1. The number of thiazole rings is 2. The minimum atomic E-state index is 0.524. The van der Waals surface area contributed by atoms with Crippen LogP contribution in [0.3, 0.4) is 0 Å². The standard InChI is InChI=1S/C18H20N6S2/c19-17(23-7-9-24(10-8-23)18-20-6-11-25-18)21-12-16-22-15(13-26-16)14-4-2-1-3-5-14/h1-6,11,13H,7-10,12H2,(H2,19,21). The molecule has 2 N–H and O–H groups in total. The molecule has 0 bridgehead atoms. The van der Waals surface area contributed by atoms with Crippen LogP contribution in [0.1, 0.15) is 5.01 Å². The lowest BCUT2D eigenvalue weighted by molar-refractivity contribution is 0.380. The Labute approximate surface area is 160 Å². The molecule has 134 valence electrons. The van der Waals surface area contributed by atoms with E-state index in [0.717, 1.165) is 47.6 Å². The van der Waals surface area contributed by atoms with E-state index >= 15 is 0 Å². The summed E-state index contributed by atoms with van der Waals surface area (Å²) in [7, 11) is 0. The molecule has 0 saturated carbocycles. The Bertz CT molecular complexity index is 851. The molecule has 26 heavy (non-hydrogen) atoms. The average molecular weight is 385 g/mol. The lowest BCUT2D eigenvalue weighted by Gasteiger charge is -2.35. The number of nitrogens with zero attached hydrogens (tertiary/aromatic N) is 5. The topological polar surface area (TPSA) is 70.6 Å². The quantitative estimate of drug-likeness (QED) is 0.553. The third kappa shape index (κ3) is 3.86. The van der Waals surface area contributed by atoms with Gasteiger partial charge < -0.3 is 15.5 Å². The summed E-state index contributed by atoms with van der Waals surface area (Å²) in [6, 6.07) is 10.2. The second kappa shape index (κ2) is 7.84. The largest absolute Gasteiger partial charge is 0.370 e. The van der Waals surface area contributed by atoms with Crippen LogP contribution in [0.5, 0.6) is 0 Å². The van der Waals surface area contributed by atoms with Gasteiger partial charge in [0.25, 0.3) is 0 Å². The number of hydrogen-bond donors (Lipinski definition) is 1. The molecule has 0 unspecified atom stereocenters. The first-order chi connectivity index (χ1) is 12.8. The smallest absolute Gasteiger partial charge is 0.191 e. The first-order valence-electron chi connectivity index (χ1n) is 8.49. The Balaban J connectivity index is 1.34. The molecule has 4 rings (SSSR count). The van der Waals surface area contributed by atoms with Gasteiger partial charge in [-0.25, -0.2) is 15.0 Å². The lowest BCUT2D eigenvalue weighted by Crippen LogP contribution is -2.51. The van der Waals surface area contributed by atoms with Gasteiger partial charge in [-0.3, -0.25) is 0 Å². The van der Waals surface area contributed by atoms with Gasteiger partial charge in [-0.15, -0.1) is 22.7 Å². The molecule has 1 fully saturated rings. The highest BCUT2D eigenvalue weighted by Crippen LogP contribution is 2.22. The zero-order valence-electron chi connectivity index (χ0n) is 14.3. The van der Waals surface area contributed by atoms with Crippen molar-refractivity contribution in [1.82, 2.24) is 14.9 Å². The van der Waals surface area contributed by atoms with Crippen molar-refractivity contribution in [2.24, 2.45) is 10.7 Å². The molecule has 0 spiro atoms. The van der Waals surface area contributed by atoms with Crippen LogP contribution in [0.2, 0.25) is 0 Å². The van der Waals surface area contributed by atoms with Crippen LogP contribution in [-0.4, -0.2) is 47.0 Å². The van der Waals surface area contributed by atoms with Gasteiger partial charge in [-0.1, -0.05) is 30.3 Å².